The van der Waals surface area contributed by atoms with Gasteiger partial charge in [-0.2, -0.15) is 0 Å². The highest BCUT2D eigenvalue weighted by Gasteiger charge is 2.27. The summed E-state index contributed by atoms with van der Waals surface area (Å²) in [5, 5.41) is 0. The summed E-state index contributed by atoms with van der Waals surface area (Å²) < 4.78 is 32.6. The zero-order chi connectivity index (χ0) is 24.0. The van der Waals surface area contributed by atoms with Gasteiger partial charge in [-0.25, -0.2) is 0 Å². The number of carbonyl (C=O) groups excluding carboxylic acids is 1. The molecular formula is C24H32N2O7. The van der Waals surface area contributed by atoms with Gasteiger partial charge in [0.25, 0.3) is 5.91 Å². The van der Waals surface area contributed by atoms with E-state index in [0.717, 1.165) is 18.7 Å². The molecule has 33 heavy (non-hydrogen) atoms. The Balaban J connectivity index is 1.71. The molecule has 0 N–H and O–H groups in total. The lowest BCUT2D eigenvalue weighted by atomic mass is 10.1. The summed E-state index contributed by atoms with van der Waals surface area (Å²) in [5.74, 6) is 3.21. The SMILES string of the molecule is COc1cc(OC)c(C(=O)N2CCN(Cc3ccc(OC)c(OC)c3OC)CC2)cc1OC. The van der Waals surface area contributed by atoms with Crippen molar-refractivity contribution in [1.29, 1.82) is 0 Å². The summed E-state index contributed by atoms with van der Waals surface area (Å²) >= 11 is 0. The minimum absolute atomic E-state index is 0.101. The number of carbonyl (C=O) groups is 1. The van der Waals surface area contributed by atoms with E-state index < -0.39 is 0 Å². The van der Waals surface area contributed by atoms with E-state index in [0.29, 0.717) is 59.7 Å². The van der Waals surface area contributed by atoms with Gasteiger partial charge in [-0.05, 0) is 6.07 Å². The summed E-state index contributed by atoms with van der Waals surface area (Å²) in [6, 6.07) is 7.19. The lowest BCUT2D eigenvalue weighted by Crippen LogP contribution is -2.48. The van der Waals surface area contributed by atoms with Crippen molar-refractivity contribution >= 4 is 5.91 Å². The summed E-state index contributed by atoms with van der Waals surface area (Å²) in [6.07, 6.45) is 0. The molecule has 0 aliphatic carbocycles. The smallest absolute Gasteiger partial charge is 0.257 e. The van der Waals surface area contributed by atoms with Crippen LogP contribution in [-0.2, 0) is 6.54 Å². The van der Waals surface area contributed by atoms with Crippen LogP contribution in [-0.4, -0.2) is 84.5 Å². The third kappa shape index (κ3) is 5.03. The first-order valence-electron chi connectivity index (χ1n) is 10.6. The molecule has 0 unspecified atom stereocenters. The number of piperazine rings is 1. The standard InChI is InChI=1S/C24H32N2O7/c1-28-18-8-7-16(22(32-5)23(18)33-6)15-25-9-11-26(12-10-25)24(27)17-13-20(30-3)21(31-4)14-19(17)29-2/h7-8,13-14H,9-12,15H2,1-6H3. The number of benzene rings is 2. The number of hydrogen-bond acceptors (Lipinski definition) is 8. The van der Waals surface area contributed by atoms with Crippen LogP contribution in [0.5, 0.6) is 34.5 Å². The third-order valence-electron chi connectivity index (χ3n) is 5.78. The van der Waals surface area contributed by atoms with E-state index in [1.165, 1.54) is 7.11 Å². The summed E-state index contributed by atoms with van der Waals surface area (Å²) in [7, 11) is 9.43. The van der Waals surface area contributed by atoms with Gasteiger partial charge in [-0.15, -0.1) is 0 Å². The van der Waals surface area contributed by atoms with Crippen molar-refractivity contribution in [3.8, 4) is 34.5 Å². The van der Waals surface area contributed by atoms with Crippen molar-refractivity contribution in [3.63, 3.8) is 0 Å². The molecule has 180 valence electrons. The van der Waals surface area contributed by atoms with Crippen LogP contribution in [0.1, 0.15) is 15.9 Å². The zero-order valence-corrected chi connectivity index (χ0v) is 20.1. The van der Waals surface area contributed by atoms with Gasteiger partial charge in [0, 0.05) is 50.4 Å². The highest BCUT2D eigenvalue weighted by molar-refractivity contribution is 5.98. The lowest BCUT2D eigenvalue weighted by Gasteiger charge is -2.35. The first-order chi connectivity index (χ1) is 16.0. The van der Waals surface area contributed by atoms with E-state index in [9.17, 15) is 4.79 Å². The molecule has 1 aliphatic heterocycles. The number of rotatable bonds is 9. The second-order valence-corrected chi connectivity index (χ2v) is 7.47. The molecule has 3 rings (SSSR count). The van der Waals surface area contributed by atoms with Crippen LogP contribution < -0.4 is 28.4 Å². The molecule has 0 aromatic heterocycles. The van der Waals surface area contributed by atoms with Gasteiger partial charge < -0.3 is 33.3 Å². The van der Waals surface area contributed by atoms with Gasteiger partial charge in [0.2, 0.25) is 5.75 Å². The Kier molecular flexibility index (Phi) is 8.11. The van der Waals surface area contributed by atoms with Crippen LogP contribution in [0.15, 0.2) is 24.3 Å². The number of methoxy groups -OCH3 is 6. The molecule has 1 amide bonds. The van der Waals surface area contributed by atoms with Crippen molar-refractivity contribution in [2.75, 3.05) is 68.8 Å². The van der Waals surface area contributed by atoms with E-state index in [1.807, 2.05) is 17.0 Å². The fourth-order valence-electron chi connectivity index (χ4n) is 4.00. The molecule has 0 saturated carbocycles. The van der Waals surface area contributed by atoms with Crippen LogP contribution in [0.3, 0.4) is 0 Å². The molecule has 9 nitrogen and oxygen atoms in total. The Hall–Kier alpha value is -3.33. The fourth-order valence-corrected chi connectivity index (χ4v) is 4.00. The zero-order valence-electron chi connectivity index (χ0n) is 20.1. The molecule has 0 bridgehead atoms. The van der Waals surface area contributed by atoms with E-state index in [2.05, 4.69) is 4.90 Å². The quantitative estimate of drug-likeness (QED) is 0.565. The highest BCUT2D eigenvalue weighted by Crippen LogP contribution is 2.40. The van der Waals surface area contributed by atoms with Crippen LogP contribution in [0, 0.1) is 0 Å². The first kappa shape index (κ1) is 24.3. The van der Waals surface area contributed by atoms with Crippen molar-refractivity contribution in [2.45, 2.75) is 6.54 Å². The molecular weight excluding hydrogens is 428 g/mol. The van der Waals surface area contributed by atoms with Crippen LogP contribution >= 0.6 is 0 Å². The van der Waals surface area contributed by atoms with Crippen LogP contribution in [0.25, 0.3) is 0 Å². The van der Waals surface area contributed by atoms with Gasteiger partial charge in [0.05, 0.1) is 48.2 Å². The van der Waals surface area contributed by atoms with E-state index >= 15 is 0 Å². The van der Waals surface area contributed by atoms with Crippen molar-refractivity contribution in [1.82, 2.24) is 9.80 Å². The predicted octanol–water partition coefficient (Wildman–Crippen LogP) is 2.70. The Labute approximate surface area is 194 Å². The molecule has 2 aromatic rings. The Morgan fingerprint density at radius 1 is 0.697 bits per heavy atom. The lowest BCUT2D eigenvalue weighted by molar-refractivity contribution is 0.0623. The van der Waals surface area contributed by atoms with Crippen LogP contribution in [0.4, 0.5) is 0 Å². The first-order valence-corrected chi connectivity index (χ1v) is 10.6. The number of ether oxygens (including phenoxy) is 6. The minimum Gasteiger partial charge on any atom is -0.496 e. The monoisotopic (exact) mass is 460 g/mol. The van der Waals surface area contributed by atoms with Gasteiger partial charge in [-0.1, -0.05) is 6.07 Å². The molecule has 0 radical (unpaired) electrons. The average Bonchev–Trinajstić information content (AvgIpc) is 2.87. The molecule has 2 aromatic carbocycles. The van der Waals surface area contributed by atoms with Crippen molar-refractivity contribution in [3.05, 3.63) is 35.4 Å². The van der Waals surface area contributed by atoms with Gasteiger partial charge in [0.1, 0.15) is 5.75 Å². The maximum Gasteiger partial charge on any atom is 0.257 e. The fraction of sp³-hybridized carbons (Fsp3) is 0.458. The third-order valence-corrected chi connectivity index (χ3v) is 5.78. The van der Waals surface area contributed by atoms with Gasteiger partial charge in [0.15, 0.2) is 23.0 Å². The Bertz CT molecular complexity index is 972. The predicted molar refractivity (Wildman–Crippen MR) is 123 cm³/mol. The minimum atomic E-state index is -0.101. The summed E-state index contributed by atoms with van der Waals surface area (Å²) in [4.78, 5) is 17.3. The number of amides is 1. The van der Waals surface area contributed by atoms with Crippen molar-refractivity contribution in [2.24, 2.45) is 0 Å². The Morgan fingerprint density at radius 3 is 1.82 bits per heavy atom. The van der Waals surface area contributed by atoms with E-state index in [4.69, 9.17) is 28.4 Å². The summed E-state index contributed by atoms with van der Waals surface area (Å²) in [6.45, 7) is 3.29. The number of hydrogen-bond donors (Lipinski definition) is 0. The van der Waals surface area contributed by atoms with Gasteiger partial charge >= 0.3 is 0 Å². The topological polar surface area (TPSA) is 78.9 Å². The molecule has 9 heteroatoms. The average molecular weight is 461 g/mol. The van der Waals surface area contributed by atoms with E-state index in [1.54, 1.807) is 47.7 Å². The van der Waals surface area contributed by atoms with Gasteiger partial charge in [-0.3, -0.25) is 9.69 Å². The maximum atomic E-state index is 13.2. The second kappa shape index (κ2) is 11.0. The second-order valence-electron chi connectivity index (χ2n) is 7.47. The molecule has 1 fully saturated rings. The number of nitrogens with zero attached hydrogens (tertiary/aromatic N) is 2. The molecule has 0 atom stereocenters. The maximum absolute atomic E-state index is 13.2. The highest BCUT2D eigenvalue weighted by atomic mass is 16.5. The molecule has 1 saturated heterocycles. The van der Waals surface area contributed by atoms with Crippen LogP contribution in [0.2, 0.25) is 0 Å². The van der Waals surface area contributed by atoms with E-state index in [-0.39, 0.29) is 5.91 Å². The molecule has 0 spiro atoms. The Morgan fingerprint density at radius 2 is 1.27 bits per heavy atom. The summed E-state index contributed by atoms with van der Waals surface area (Å²) in [5.41, 5.74) is 1.45. The van der Waals surface area contributed by atoms with Crippen molar-refractivity contribution < 1.29 is 33.2 Å². The normalized spacial score (nSPS) is 13.9. The molecule has 1 heterocycles. The largest absolute Gasteiger partial charge is 0.496 e. The molecule has 1 aliphatic rings.